The second-order valence-corrected chi connectivity index (χ2v) is 6.06. The van der Waals surface area contributed by atoms with Crippen molar-refractivity contribution in [2.45, 2.75) is 43.0 Å². The molecule has 1 aliphatic rings. The lowest BCUT2D eigenvalue weighted by molar-refractivity contribution is -0.140. The lowest BCUT2D eigenvalue weighted by Crippen LogP contribution is -2.52. The van der Waals surface area contributed by atoms with E-state index in [4.69, 9.17) is 9.47 Å². The van der Waals surface area contributed by atoms with Gasteiger partial charge in [0.1, 0.15) is 23.8 Å². The monoisotopic (exact) mass is 370 g/mol. The number of hydrogen-bond acceptors (Lipinski definition) is 2. The second-order valence-electron chi connectivity index (χ2n) is 4.88. The Bertz CT molecular complexity index is 492. The van der Waals surface area contributed by atoms with Gasteiger partial charge in [-0.2, -0.15) is 13.2 Å². The maximum Gasteiger partial charge on any atom is 0.419 e. The Morgan fingerprint density at radius 2 is 2.05 bits per heavy atom. The van der Waals surface area contributed by atoms with Crippen LogP contribution in [0.2, 0.25) is 0 Å². The summed E-state index contributed by atoms with van der Waals surface area (Å²) in [6.07, 6.45) is -3.79. The molecular weight excluding hydrogens is 356 g/mol. The molecular formula is C14H15BrF4O2. The van der Waals surface area contributed by atoms with E-state index in [9.17, 15) is 17.6 Å². The van der Waals surface area contributed by atoms with Crippen molar-refractivity contribution in [1.82, 2.24) is 0 Å². The molecule has 0 aromatic heterocycles. The van der Waals surface area contributed by atoms with Crippen molar-refractivity contribution in [1.29, 1.82) is 0 Å². The van der Waals surface area contributed by atoms with Crippen LogP contribution in [0.5, 0.6) is 5.75 Å². The molecule has 21 heavy (non-hydrogen) atoms. The Hall–Kier alpha value is -0.820. The zero-order valence-corrected chi connectivity index (χ0v) is 12.9. The standard InChI is InChI=1S/C14H15BrF4O2/c1-2-5-20-13-10(15)7-12(13)21-8-3-4-11(16)9(6-8)14(17,18)19/h3-4,6,10,12-13H,2,5,7H2,1H3. The van der Waals surface area contributed by atoms with E-state index in [1.165, 1.54) is 6.07 Å². The van der Waals surface area contributed by atoms with Crippen molar-refractivity contribution in [2.24, 2.45) is 0 Å². The van der Waals surface area contributed by atoms with Gasteiger partial charge < -0.3 is 9.47 Å². The van der Waals surface area contributed by atoms with E-state index in [2.05, 4.69) is 15.9 Å². The highest BCUT2D eigenvalue weighted by molar-refractivity contribution is 9.09. The molecule has 0 bridgehead atoms. The van der Waals surface area contributed by atoms with Gasteiger partial charge in [0, 0.05) is 17.9 Å². The molecule has 1 fully saturated rings. The van der Waals surface area contributed by atoms with Gasteiger partial charge >= 0.3 is 6.18 Å². The van der Waals surface area contributed by atoms with Gasteiger partial charge in [-0.3, -0.25) is 0 Å². The normalized spacial score (nSPS) is 25.5. The Morgan fingerprint density at radius 1 is 1.33 bits per heavy atom. The summed E-state index contributed by atoms with van der Waals surface area (Å²) in [5.41, 5.74) is -1.32. The van der Waals surface area contributed by atoms with Crippen molar-refractivity contribution in [3.63, 3.8) is 0 Å². The number of alkyl halides is 4. The van der Waals surface area contributed by atoms with Crippen LogP contribution >= 0.6 is 15.9 Å². The van der Waals surface area contributed by atoms with Crippen LogP contribution in [0, 0.1) is 5.82 Å². The molecule has 118 valence electrons. The predicted octanol–water partition coefficient (Wildman–Crippen LogP) is 4.55. The average molecular weight is 371 g/mol. The summed E-state index contributed by atoms with van der Waals surface area (Å²) in [5.74, 6) is -1.31. The number of benzene rings is 1. The molecule has 1 aliphatic carbocycles. The Labute approximate surface area is 128 Å². The molecule has 2 rings (SSSR count). The fraction of sp³-hybridized carbons (Fsp3) is 0.571. The minimum Gasteiger partial charge on any atom is -0.488 e. The first-order valence-corrected chi connectivity index (χ1v) is 7.53. The highest BCUT2D eigenvalue weighted by atomic mass is 79.9. The summed E-state index contributed by atoms with van der Waals surface area (Å²) >= 11 is 3.42. The quantitative estimate of drug-likeness (QED) is 0.558. The molecule has 0 aliphatic heterocycles. The van der Waals surface area contributed by atoms with Gasteiger partial charge in [0.25, 0.3) is 0 Å². The van der Waals surface area contributed by atoms with E-state index in [1.54, 1.807) is 0 Å². The van der Waals surface area contributed by atoms with Crippen molar-refractivity contribution in [2.75, 3.05) is 6.61 Å². The summed E-state index contributed by atoms with van der Waals surface area (Å²) in [6.45, 7) is 2.52. The van der Waals surface area contributed by atoms with E-state index in [0.29, 0.717) is 19.1 Å². The number of halogens is 5. The molecule has 0 N–H and O–H groups in total. The first kappa shape index (κ1) is 16.5. The smallest absolute Gasteiger partial charge is 0.419 e. The topological polar surface area (TPSA) is 18.5 Å². The number of ether oxygens (including phenoxy) is 2. The van der Waals surface area contributed by atoms with E-state index >= 15 is 0 Å². The lowest BCUT2D eigenvalue weighted by Gasteiger charge is -2.41. The van der Waals surface area contributed by atoms with E-state index in [1.807, 2.05) is 6.92 Å². The molecule has 3 atom stereocenters. The number of rotatable bonds is 5. The van der Waals surface area contributed by atoms with Crippen LogP contribution in [0.4, 0.5) is 17.6 Å². The van der Waals surface area contributed by atoms with E-state index < -0.39 is 17.6 Å². The third kappa shape index (κ3) is 3.88. The zero-order chi connectivity index (χ0) is 15.6. The molecule has 0 spiro atoms. The molecule has 3 unspecified atom stereocenters. The van der Waals surface area contributed by atoms with Crippen LogP contribution in [0.1, 0.15) is 25.3 Å². The highest BCUT2D eigenvalue weighted by Crippen LogP contribution is 2.37. The van der Waals surface area contributed by atoms with Crippen molar-refractivity contribution < 1.29 is 27.0 Å². The molecule has 0 amide bonds. The summed E-state index contributed by atoms with van der Waals surface area (Å²) in [5, 5.41) is 0. The summed E-state index contributed by atoms with van der Waals surface area (Å²) < 4.78 is 62.2. The van der Waals surface area contributed by atoms with Gasteiger partial charge in [0.15, 0.2) is 0 Å². The SMILES string of the molecule is CCCOC1C(Br)CC1Oc1ccc(F)c(C(F)(F)F)c1. The molecule has 2 nitrogen and oxygen atoms in total. The van der Waals surface area contributed by atoms with Gasteiger partial charge in [-0.25, -0.2) is 4.39 Å². The van der Waals surface area contributed by atoms with Gasteiger partial charge in [-0.05, 0) is 24.6 Å². The molecule has 0 heterocycles. The minimum absolute atomic E-state index is 0.00164. The lowest BCUT2D eigenvalue weighted by atomic mass is 9.91. The second kappa shape index (κ2) is 6.52. The van der Waals surface area contributed by atoms with Crippen molar-refractivity contribution in [3.8, 4) is 5.75 Å². The largest absolute Gasteiger partial charge is 0.488 e. The molecule has 1 aromatic carbocycles. The number of hydrogen-bond donors (Lipinski definition) is 0. The fourth-order valence-corrected chi connectivity index (χ4v) is 2.94. The zero-order valence-electron chi connectivity index (χ0n) is 11.3. The predicted molar refractivity (Wildman–Crippen MR) is 73.2 cm³/mol. The molecule has 1 saturated carbocycles. The molecule has 0 saturated heterocycles. The van der Waals surface area contributed by atoms with E-state index in [0.717, 1.165) is 12.5 Å². The van der Waals surface area contributed by atoms with Gasteiger partial charge in [0.2, 0.25) is 0 Å². The summed E-state index contributed by atoms with van der Waals surface area (Å²) in [7, 11) is 0. The Morgan fingerprint density at radius 3 is 2.62 bits per heavy atom. The fourth-order valence-electron chi connectivity index (χ4n) is 2.08. The molecule has 0 radical (unpaired) electrons. The van der Waals surface area contributed by atoms with Gasteiger partial charge in [-0.15, -0.1) is 0 Å². The van der Waals surface area contributed by atoms with Crippen molar-refractivity contribution >= 4 is 15.9 Å². The minimum atomic E-state index is -4.74. The van der Waals surface area contributed by atoms with Crippen molar-refractivity contribution in [3.05, 3.63) is 29.6 Å². The molecule has 1 aromatic rings. The molecule has 7 heteroatoms. The van der Waals surface area contributed by atoms with Crippen LogP contribution in [0.3, 0.4) is 0 Å². The third-order valence-corrected chi connectivity index (χ3v) is 4.12. The highest BCUT2D eigenvalue weighted by Gasteiger charge is 2.42. The first-order valence-electron chi connectivity index (χ1n) is 6.62. The van der Waals surface area contributed by atoms with E-state index in [-0.39, 0.29) is 22.8 Å². The summed E-state index contributed by atoms with van der Waals surface area (Å²) in [6, 6.07) is 2.65. The maximum atomic E-state index is 13.2. The van der Waals surface area contributed by atoms with Gasteiger partial charge in [0.05, 0.1) is 5.56 Å². The Balaban J connectivity index is 2.07. The van der Waals surface area contributed by atoms with Crippen LogP contribution in [0.15, 0.2) is 18.2 Å². The third-order valence-electron chi connectivity index (χ3n) is 3.23. The maximum absolute atomic E-state index is 13.2. The van der Waals surface area contributed by atoms with Crippen LogP contribution in [0.25, 0.3) is 0 Å². The average Bonchev–Trinajstić information content (AvgIpc) is 2.39. The first-order chi connectivity index (χ1) is 9.82. The van der Waals surface area contributed by atoms with Crippen LogP contribution in [-0.4, -0.2) is 23.6 Å². The van der Waals surface area contributed by atoms with Crippen LogP contribution in [-0.2, 0) is 10.9 Å². The van der Waals surface area contributed by atoms with Crippen LogP contribution < -0.4 is 4.74 Å². The Kier molecular flexibility index (Phi) is 5.14. The van der Waals surface area contributed by atoms with Gasteiger partial charge in [-0.1, -0.05) is 22.9 Å². The summed E-state index contributed by atoms with van der Waals surface area (Å²) in [4.78, 5) is 0.122.